The Labute approximate surface area is 130 Å². The van der Waals surface area contributed by atoms with Crippen molar-refractivity contribution in [3.05, 3.63) is 30.0 Å². The average Bonchev–Trinajstić information content (AvgIpc) is 3.09. The number of nitrogens with one attached hydrogen (secondary N) is 2. The van der Waals surface area contributed by atoms with E-state index in [-0.39, 0.29) is 17.1 Å². The van der Waals surface area contributed by atoms with Gasteiger partial charge in [-0.1, -0.05) is 0 Å². The highest BCUT2D eigenvalue weighted by Gasteiger charge is 2.15. The number of rotatable bonds is 5. The fraction of sp³-hybridized carbons (Fsp3) is 0.154. The summed E-state index contributed by atoms with van der Waals surface area (Å²) in [5.74, 6) is -1.42. The van der Waals surface area contributed by atoms with Crippen LogP contribution in [0.2, 0.25) is 0 Å². The molecule has 23 heavy (non-hydrogen) atoms. The molecule has 10 heteroatoms. The molecule has 0 aliphatic carbocycles. The number of hydrogen-bond acceptors (Lipinski definition) is 9. The lowest BCUT2D eigenvalue weighted by Gasteiger charge is -2.11. The van der Waals surface area contributed by atoms with Gasteiger partial charge in [-0.3, -0.25) is 0 Å². The number of carbonyl (C=O) groups excluding carboxylic acids is 2. The predicted octanol–water partition coefficient (Wildman–Crippen LogP) is 0.214. The molecule has 0 saturated carbocycles. The zero-order chi connectivity index (χ0) is 16.8. The van der Waals surface area contributed by atoms with Gasteiger partial charge in [0.25, 0.3) is 0 Å². The van der Waals surface area contributed by atoms with Crippen molar-refractivity contribution in [2.45, 2.75) is 0 Å². The molecule has 0 fully saturated rings. The number of esters is 2. The Kier molecular flexibility index (Phi) is 4.87. The Morgan fingerprint density at radius 1 is 1.30 bits per heavy atom. The third kappa shape index (κ3) is 3.81. The van der Waals surface area contributed by atoms with Gasteiger partial charge in [0.05, 0.1) is 26.0 Å². The molecule has 1 aromatic heterocycles. The van der Waals surface area contributed by atoms with Crippen molar-refractivity contribution in [2.24, 2.45) is 0 Å². The molecule has 1 heterocycles. The average molecular weight is 319 g/mol. The van der Waals surface area contributed by atoms with E-state index in [1.165, 1.54) is 19.2 Å². The number of phenols is 1. The van der Waals surface area contributed by atoms with Gasteiger partial charge in [0.1, 0.15) is 11.4 Å². The molecule has 120 valence electrons. The number of methoxy groups -OCH3 is 2. The van der Waals surface area contributed by atoms with Crippen LogP contribution in [0.4, 0.5) is 5.69 Å². The summed E-state index contributed by atoms with van der Waals surface area (Å²) in [4.78, 5) is 23.0. The normalized spacial score (nSPS) is 11.0. The van der Waals surface area contributed by atoms with Gasteiger partial charge in [-0.05, 0) is 23.4 Å². The molecule has 3 N–H and O–H groups in total. The van der Waals surface area contributed by atoms with E-state index in [4.69, 9.17) is 0 Å². The largest absolute Gasteiger partial charge is 0.506 e. The molecular formula is C13H13N5O5. The van der Waals surface area contributed by atoms with Gasteiger partial charge in [0.2, 0.25) is 5.82 Å². The highest BCUT2D eigenvalue weighted by Crippen LogP contribution is 2.29. The van der Waals surface area contributed by atoms with Crippen LogP contribution in [0.3, 0.4) is 0 Å². The van der Waals surface area contributed by atoms with Crippen molar-refractivity contribution in [1.29, 1.82) is 0 Å². The lowest BCUT2D eigenvalue weighted by molar-refractivity contribution is -0.138. The highest BCUT2D eigenvalue weighted by atomic mass is 16.5. The van der Waals surface area contributed by atoms with E-state index in [1.54, 1.807) is 6.07 Å². The van der Waals surface area contributed by atoms with Gasteiger partial charge in [-0.2, -0.15) is 5.21 Å². The van der Waals surface area contributed by atoms with Gasteiger partial charge in [-0.15, -0.1) is 10.2 Å². The van der Waals surface area contributed by atoms with Crippen LogP contribution in [0.25, 0.3) is 11.4 Å². The van der Waals surface area contributed by atoms with E-state index >= 15 is 0 Å². The minimum Gasteiger partial charge on any atom is -0.506 e. The molecule has 2 aromatic rings. The third-order valence-corrected chi connectivity index (χ3v) is 2.74. The van der Waals surface area contributed by atoms with Crippen LogP contribution in [0.15, 0.2) is 30.0 Å². The van der Waals surface area contributed by atoms with Crippen LogP contribution in [-0.2, 0) is 19.1 Å². The molecule has 0 aliphatic heterocycles. The summed E-state index contributed by atoms with van der Waals surface area (Å²) in [5.41, 5.74) is 0.467. The van der Waals surface area contributed by atoms with Gasteiger partial charge < -0.3 is 19.9 Å². The second-order valence-corrected chi connectivity index (χ2v) is 4.17. The predicted molar refractivity (Wildman–Crippen MR) is 77.0 cm³/mol. The molecule has 0 amide bonds. The fourth-order valence-corrected chi connectivity index (χ4v) is 1.64. The number of benzene rings is 1. The minimum absolute atomic E-state index is 0.146. The molecular weight excluding hydrogens is 306 g/mol. The Morgan fingerprint density at radius 2 is 2.09 bits per heavy atom. The topological polar surface area (TPSA) is 139 Å². The molecule has 0 radical (unpaired) electrons. The summed E-state index contributed by atoms with van der Waals surface area (Å²) in [6, 6.07) is 4.42. The first-order chi connectivity index (χ1) is 11.0. The number of aromatic amines is 1. The van der Waals surface area contributed by atoms with Gasteiger partial charge in [0.15, 0.2) is 0 Å². The van der Waals surface area contributed by atoms with Crippen molar-refractivity contribution in [1.82, 2.24) is 20.6 Å². The summed E-state index contributed by atoms with van der Waals surface area (Å²) in [5, 5.41) is 25.9. The van der Waals surface area contributed by atoms with E-state index in [0.717, 1.165) is 13.2 Å². The fourth-order valence-electron chi connectivity index (χ4n) is 1.64. The zero-order valence-electron chi connectivity index (χ0n) is 12.2. The van der Waals surface area contributed by atoms with Crippen LogP contribution in [0.5, 0.6) is 5.75 Å². The maximum absolute atomic E-state index is 11.7. The second-order valence-electron chi connectivity index (χ2n) is 4.17. The number of anilines is 1. The summed E-state index contributed by atoms with van der Waals surface area (Å²) in [6.07, 6.45) is 0.909. The van der Waals surface area contributed by atoms with E-state index in [1.807, 2.05) is 0 Å². The van der Waals surface area contributed by atoms with Crippen molar-refractivity contribution >= 4 is 17.6 Å². The van der Waals surface area contributed by atoms with Crippen molar-refractivity contribution in [2.75, 3.05) is 19.5 Å². The number of nitrogens with zero attached hydrogens (tertiary/aromatic N) is 3. The number of phenolic OH excluding ortho intramolecular Hbond substituents is 1. The lowest BCUT2D eigenvalue weighted by Crippen LogP contribution is -2.15. The number of hydrogen-bond donors (Lipinski definition) is 3. The van der Waals surface area contributed by atoms with Crippen LogP contribution in [-0.4, -0.2) is 51.9 Å². The minimum atomic E-state index is -0.806. The summed E-state index contributed by atoms with van der Waals surface area (Å²) in [7, 11) is 2.33. The Balaban J connectivity index is 2.36. The van der Waals surface area contributed by atoms with E-state index < -0.39 is 11.9 Å². The van der Waals surface area contributed by atoms with Crippen LogP contribution < -0.4 is 5.32 Å². The standard InChI is InChI=1S/C13H13N5O5/c1-22-11(20)6-9(13(21)23-2)14-8-5-7(3-4-10(8)19)12-15-17-18-16-12/h3-6,14,19H,1-2H3,(H,15,16,17,18)/b9-6+. The van der Waals surface area contributed by atoms with Crippen molar-refractivity contribution in [3.8, 4) is 17.1 Å². The Hall–Kier alpha value is -3.43. The first-order valence-corrected chi connectivity index (χ1v) is 6.27. The maximum Gasteiger partial charge on any atom is 0.354 e. The second kappa shape index (κ2) is 7.02. The first kappa shape index (κ1) is 15.9. The number of aromatic nitrogens is 4. The summed E-state index contributed by atoms with van der Waals surface area (Å²) < 4.78 is 9.04. The Morgan fingerprint density at radius 3 is 2.70 bits per heavy atom. The number of tetrazole rings is 1. The zero-order valence-corrected chi connectivity index (χ0v) is 12.2. The SMILES string of the molecule is COC(=O)/C=C(/Nc1cc(-c2nn[nH]n2)ccc1O)C(=O)OC. The molecule has 0 saturated heterocycles. The Bertz CT molecular complexity index is 741. The molecule has 1 aromatic carbocycles. The van der Waals surface area contributed by atoms with Crippen molar-refractivity contribution < 1.29 is 24.2 Å². The van der Waals surface area contributed by atoms with E-state index in [2.05, 4.69) is 35.4 Å². The molecule has 0 bridgehead atoms. The van der Waals surface area contributed by atoms with Gasteiger partial charge >= 0.3 is 11.9 Å². The number of carbonyl (C=O) groups is 2. The van der Waals surface area contributed by atoms with Crippen LogP contribution in [0.1, 0.15) is 0 Å². The molecule has 0 aliphatic rings. The third-order valence-electron chi connectivity index (χ3n) is 2.74. The smallest absolute Gasteiger partial charge is 0.354 e. The van der Waals surface area contributed by atoms with Crippen LogP contribution >= 0.6 is 0 Å². The summed E-state index contributed by atoms with van der Waals surface area (Å²) >= 11 is 0. The maximum atomic E-state index is 11.7. The number of ether oxygens (including phenoxy) is 2. The quantitative estimate of drug-likeness (QED) is 0.401. The molecule has 0 spiro atoms. The van der Waals surface area contributed by atoms with Gasteiger partial charge in [0, 0.05) is 5.56 Å². The number of H-pyrrole nitrogens is 1. The van der Waals surface area contributed by atoms with E-state index in [0.29, 0.717) is 11.4 Å². The molecule has 10 nitrogen and oxygen atoms in total. The monoisotopic (exact) mass is 319 g/mol. The van der Waals surface area contributed by atoms with E-state index in [9.17, 15) is 14.7 Å². The number of aromatic hydroxyl groups is 1. The van der Waals surface area contributed by atoms with Crippen LogP contribution in [0, 0.1) is 0 Å². The highest BCUT2D eigenvalue weighted by molar-refractivity contribution is 5.99. The molecule has 0 unspecified atom stereocenters. The van der Waals surface area contributed by atoms with Crippen molar-refractivity contribution in [3.63, 3.8) is 0 Å². The first-order valence-electron chi connectivity index (χ1n) is 6.27. The lowest BCUT2D eigenvalue weighted by atomic mass is 10.1. The molecule has 2 rings (SSSR count). The van der Waals surface area contributed by atoms with Gasteiger partial charge in [-0.25, -0.2) is 9.59 Å². The molecule has 0 atom stereocenters. The summed E-state index contributed by atoms with van der Waals surface area (Å²) in [6.45, 7) is 0.